The highest BCUT2D eigenvalue weighted by Crippen LogP contribution is 2.26. The van der Waals surface area contributed by atoms with Crippen LogP contribution < -0.4 is 5.73 Å². The molecular formula is C22H27FN4. The Morgan fingerprint density at radius 3 is 2.59 bits per heavy atom. The third kappa shape index (κ3) is 3.89. The van der Waals surface area contributed by atoms with E-state index in [4.69, 9.17) is 10.7 Å². The number of likely N-dealkylation sites (tertiary alicyclic amines) is 1. The molecule has 0 spiro atoms. The van der Waals surface area contributed by atoms with Gasteiger partial charge in [0, 0.05) is 24.2 Å². The summed E-state index contributed by atoms with van der Waals surface area (Å²) in [5.74, 6) is 0.569. The van der Waals surface area contributed by atoms with Gasteiger partial charge in [-0.3, -0.25) is 0 Å². The van der Waals surface area contributed by atoms with Crippen molar-refractivity contribution in [3.8, 4) is 11.4 Å². The van der Waals surface area contributed by atoms with E-state index in [2.05, 4.69) is 15.5 Å². The van der Waals surface area contributed by atoms with Gasteiger partial charge in [-0.1, -0.05) is 30.7 Å². The van der Waals surface area contributed by atoms with E-state index in [0.717, 1.165) is 41.9 Å². The van der Waals surface area contributed by atoms with E-state index in [1.54, 1.807) is 12.1 Å². The number of piperidine rings is 1. The number of halogens is 1. The zero-order valence-electron chi connectivity index (χ0n) is 15.7. The maximum atomic E-state index is 14.3. The lowest BCUT2D eigenvalue weighted by atomic mass is 10.1. The van der Waals surface area contributed by atoms with E-state index in [9.17, 15) is 4.39 Å². The lowest BCUT2D eigenvalue weighted by Crippen LogP contribution is -2.31. The normalized spacial score (nSPS) is 15.5. The van der Waals surface area contributed by atoms with Gasteiger partial charge >= 0.3 is 0 Å². The summed E-state index contributed by atoms with van der Waals surface area (Å²) in [5.41, 5.74) is 9.00. The van der Waals surface area contributed by atoms with Crippen molar-refractivity contribution >= 4 is 11.0 Å². The molecule has 2 heterocycles. The summed E-state index contributed by atoms with van der Waals surface area (Å²) in [6.45, 7) is 4.62. The van der Waals surface area contributed by atoms with Gasteiger partial charge in [0.05, 0.1) is 11.0 Å². The summed E-state index contributed by atoms with van der Waals surface area (Å²) in [5, 5.41) is 0. The second-order valence-electron chi connectivity index (χ2n) is 7.34. The number of aromatic nitrogens is 2. The molecule has 142 valence electrons. The smallest absolute Gasteiger partial charge is 0.141 e. The monoisotopic (exact) mass is 366 g/mol. The average Bonchev–Trinajstić information content (AvgIpc) is 3.07. The first-order chi connectivity index (χ1) is 13.3. The Bertz CT molecular complexity index is 912. The van der Waals surface area contributed by atoms with Crippen LogP contribution >= 0.6 is 0 Å². The number of aryl methyl sites for hydroxylation is 1. The van der Waals surface area contributed by atoms with E-state index in [1.807, 2.05) is 24.3 Å². The van der Waals surface area contributed by atoms with Gasteiger partial charge in [-0.25, -0.2) is 9.37 Å². The maximum Gasteiger partial charge on any atom is 0.141 e. The van der Waals surface area contributed by atoms with Crippen LogP contribution in [0.25, 0.3) is 22.4 Å². The van der Waals surface area contributed by atoms with Gasteiger partial charge < -0.3 is 15.2 Å². The first-order valence-electron chi connectivity index (χ1n) is 9.93. The molecule has 3 aromatic rings. The number of imidazole rings is 1. The molecule has 27 heavy (non-hydrogen) atoms. The Balaban J connectivity index is 1.62. The van der Waals surface area contributed by atoms with Crippen molar-refractivity contribution < 1.29 is 4.39 Å². The van der Waals surface area contributed by atoms with Gasteiger partial charge in [-0.05, 0) is 57.1 Å². The molecule has 1 fully saturated rings. The first-order valence-corrected chi connectivity index (χ1v) is 9.93. The van der Waals surface area contributed by atoms with E-state index in [0.29, 0.717) is 5.56 Å². The SMILES string of the molecule is NCc1ccc(-c2nc3ccccc3n2CCCN2CCCCC2)cc1F. The third-order valence-corrected chi connectivity index (χ3v) is 5.49. The maximum absolute atomic E-state index is 14.3. The fourth-order valence-electron chi connectivity index (χ4n) is 4.01. The summed E-state index contributed by atoms with van der Waals surface area (Å²) in [7, 11) is 0. The molecule has 1 saturated heterocycles. The van der Waals surface area contributed by atoms with Crippen LogP contribution in [0.2, 0.25) is 0 Å². The number of rotatable bonds is 6. The zero-order chi connectivity index (χ0) is 18.6. The third-order valence-electron chi connectivity index (χ3n) is 5.49. The molecule has 2 aromatic carbocycles. The summed E-state index contributed by atoms with van der Waals surface area (Å²) in [6.07, 6.45) is 5.05. The number of nitrogens with two attached hydrogens (primary N) is 1. The average molecular weight is 366 g/mol. The molecule has 0 bridgehead atoms. The minimum atomic E-state index is -0.262. The molecule has 0 aliphatic carbocycles. The molecule has 2 N–H and O–H groups in total. The van der Waals surface area contributed by atoms with Crippen molar-refractivity contribution in [1.82, 2.24) is 14.5 Å². The van der Waals surface area contributed by atoms with Crippen LogP contribution in [0.15, 0.2) is 42.5 Å². The predicted molar refractivity (Wildman–Crippen MR) is 108 cm³/mol. The highest BCUT2D eigenvalue weighted by molar-refractivity contribution is 5.80. The van der Waals surface area contributed by atoms with Crippen LogP contribution in [0.5, 0.6) is 0 Å². The van der Waals surface area contributed by atoms with Crippen LogP contribution in [0.3, 0.4) is 0 Å². The minimum Gasteiger partial charge on any atom is -0.326 e. The predicted octanol–water partition coefficient (Wildman–Crippen LogP) is 4.18. The Kier molecular flexibility index (Phi) is 5.50. The van der Waals surface area contributed by atoms with Gasteiger partial charge in [-0.2, -0.15) is 0 Å². The first kappa shape index (κ1) is 18.1. The lowest BCUT2D eigenvalue weighted by Gasteiger charge is -2.26. The van der Waals surface area contributed by atoms with E-state index in [-0.39, 0.29) is 12.4 Å². The van der Waals surface area contributed by atoms with Gasteiger partial charge in [-0.15, -0.1) is 0 Å². The van der Waals surface area contributed by atoms with Crippen LogP contribution in [0, 0.1) is 5.82 Å². The molecule has 1 aromatic heterocycles. The van der Waals surface area contributed by atoms with Crippen LogP contribution in [0.4, 0.5) is 4.39 Å². The molecule has 1 aliphatic heterocycles. The Morgan fingerprint density at radius 2 is 1.81 bits per heavy atom. The van der Waals surface area contributed by atoms with Gasteiger partial charge in [0.1, 0.15) is 11.6 Å². The van der Waals surface area contributed by atoms with Crippen molar-refractivity contribution in [2.24, 2.45) is 5.73 Å². The van der Waals surface area contributed by atoms with Gasteiger partial charge in [0.25, 0.3) is 0 Å². The Morgan fingerprint density at radius 1 is 1.00 bits per heavy atom. The fourth-order valence-corrected chi connectivity index (χ4v) is 4.01. The fraction of sp³-hybridized carbons (Fsp3) is 0.409. The Hall–Kier alpha value is -2.24. The largest absolute Gasteiger partial charge is 0.326 e. The van der Waals surface area contributed by atoms with E-state index in [1.165, 1.54) is 32.4 Å². The molecule has 0 saturated carbocycles. The van der Waals surface area contributed by atoms with E-state index >= 15 is 0 Å². The molecule has 0 unspecified atom stereocenters. The van der Waals surface area contributed by atoms with Crippen LogP contribution in [-0.2, 0) is 13.1 Å². The lowest BCUT2D eigenvalue weighted by molar-refractivity contribution is 0.223. The number of hydrogen-bond acceptors (Lipinski definition) is 3. The van der Waals surface area contributed by atoms with Gasteiger partial charge in [0.15, 0.2) is 0 Å². The van der Waals surface area contributed by atoms with E-state index < -0.39 is 0 Å². The van der Waals surface area contributed by atoms with Crippen molar-refractivity contribution in [2.75, 3.05) is 19.6 Å². The number of nitrogens with zero attached hydrogens (tertiary/aromatic N) is 3. The van der Waals surface area contributed by atoms with Crippen molar-refractivity contribution in [2.45, 2.75) is 38.8 Å². The zero-order valence-corrected chi connectivity index (χ0v) is 15.7. The highest BCUT2D eigenvalue weighted by atomic mass is 19.1. The molecule has 4 rings (SSSR count). The summed E-state index contributed by atoms with van der Waals surface area (Å²) in [6, 6.07) is 13.4. The second kappa shape index (κ2) is 8.19. The molecule has 5 heteroatoms. The summed E-state index contributed by atoms with van der Waals surface area (Å²) < 4.78 is 16.5. The van der Waals surface area contributed by atoms with Gasteiger partial charge in [0.2, 0.25) is 0 Å². The molecular weight excluding hydrogens is 339 g/mol. The second-order valence-corrected chi connectivity index (χ2v) is 7.34. The molecule has 0 radical (unpaired) electrons. The highest BCUT2D eigenvalue weighted by Gasteiger charge is 2.15. The van der Waals surface area contributed by atoms with Crippen molar-refractivity contribution in [3.05, 3.63) is 53.8 Å². The van der Waals surface area contributed by atoms with Crippen LogP contribution in [-0.4, -0.2) is 34.1 Å². The topological polar surface area (TPSA) is 47.1 Å². The quantitative estimate of drug-likeness (QED) is 0.712. The number of para-hydroxylation sites is 2. The Labute approximate surface area is 159 Å². The van der Waals surface area contributed by atoms with Crippen molar-refractivity contribution in [1.29, 1.82) is 0 Å². The summed E-state index contributed by atoms with van der Waals surface area (Å²) in [4.78, 5) is 7.35. The molecule has 0 atom stereocenters. The summed E-state index contributed by atoms with van der Waals surface area (Å²) >= 11 is 0. The van der Waals surface area contributed by atoms with Crippen LogP contribution in [0.1, 0.15) is 31.2 Å². The molecule has 4 nitrogen and oxygen atoms in total. The number of hydrogen-bond donors (Lipinski definition) is 1. The number of fused-ring (bicyclic) bond motifs is 1. The minimum absolute atomic E-state index is 0.207. The molecule has 0 amide bonds. The molecule has 1 aliphatic rings. The van der Waals surface area contributed by atoms with Crippen molar-refractivity contribution in [3.63, 3.8) is 0 Å². The standard InChI is InChI=1S/C22H27FN4/c23-19-15-17(9-10-18(19)16-24)22-25-20-7-2-3-8-21(20)27(22)14-6-13-26-11-4-1-5-12-26/h2-3,7-10,15H,1,4-6,11-14,16,24H2. The number of benzene rings is 2.